The fourth-order valence-corrected chi connectivity index (χ4v) is 2.64. The van der Waals surface area contributed by atoms with E-state index in [2.05, 4.69) is 31.7 Å². The summed E-state index contributed by atoms with van der Waals surface area (Å²) in [7, 11) is 0. The van der Waals surface area contributed by atoms with Crippen molar-refractivity contribution in [1.29, 1.82) is 0 Å². The number of anilines is 2. The highest BCUT2D eigenvalue weighted by molar-refractivity contribution is 5.82. The Morgan fingerprint density at radius 2 is 1.19 bits per heavy atom. The van der Waals surface area contributed by atoms with E-state index in [0.29, 0.717) is 0 Å². The van der Waals surface area contributed by atoms with Crippen molar-refractivity contribution in [2.24, 2.45) is 0 Å². The van der Waals surface area contributed by atoms with Crippen LogP contribution in [0.15, 0.2) is 67.0 Å². The fraction of sp³-hybridized carbons (Fsp3) is 0.100. The topological polar surface area (TPSA) is 151 Å². The van der Waals surface area contributed by atoms with Crippen LogP contribution < -0.4 is 21.7 Å². The van der Waals surface area contributed by atoms with Gasteiger partial charge in [0.1, 0.15) is 6.33 Å². The van der Waals surface area contributed by atoms with Crippen LogP contribution in [0.4, 0.5) is 17.3 Å². The molecule has 0 radical (unpaired) electrons. The number of benzene rings is 2. The fourth-order valence-electron chi connectivity index (χ4n) is 2.64. The highest BCUT2D eigenvalue weighted by Crippen LogP contribution is 2.27. The Morgan fingerprint density at radius 3 is 1.58 bits per heavy atom. The summed E-state index contributed by atoms with van der Waals surface area (Å²) in [5.41, 5.74) is 10.6. The Hall–Kier alpha value is -4.54. The van der Waals surface area contributed by atoms with E-state index in [-0.39, 0.29) is 24.5 Å². The van der Waals surface area contributed by atoms with Crippen molar-refractivity contribution in [1.82, 2.24) is 20.8 Å². The van der Waals surface area contributed by atoms with E-state index in [1.807, 2.05) is 12.1 Å². The van der Waals surface area contributed by atoms with Crippen molar-refractivity contribution in [3.63, 3.8) is 0 Å². The van der Waals surface area contributed by atoms with E-state index in [1.165, 1.54) is 0 Å². The zero-order valence-electron chi connectivity index (χ0n) is 16.2. The van der Waals surface area contributed by atoms with Gasteiger partial charge in [-0.05, 0) is 11.1 Å². The molecule has 11 heteroatoms. The molecule has 0 aliphatic carbocycles. The molecule has 0 aliphatic heterocycles. The third kappa shape index (κ3) is 6.22. The zero-order chi connectivity index (χ0) is 22.1. The van der Waals surface area contributed by atoms with E-state index in [0.717, 1.165) is 17.5 Å². The minimum absolute atomic E-state index is 0.0768. The molecule has 0 bridgehead atoms. The summed E-state index contributed by atoms with van der Waals surface area (Å²) in [5.74, 6) is -1.29. The number of hydrogen-bond donors (Lipinski definition) is 4. The predicted molar refractivity (Wildman–Crippen MR) is 113 cm³/mol. The van der Waals surface area contributed by atoms with Gasteiger partial charge in [0, 0.05) is 0 Å². The molecule has 1 aromatic heterocycles. The Kier molecular flexibility index (Phi) is 7.03. The number of nitrogens with one attached hydrogen (secondary N) is 4. The van der Waals surface area contributed by atoms with Gasteiger partial charge in [0.15, 0.2) is 0 Å². The minimum Gasteiger partial charge on any atom is -0.276 e. The van der Waals surface area contributed by atoms with Gasteiger partial charge in [-0.2, -0.15) is 0 Å². The monoisotopic (exact) mass is 421 g/mol. The minimum atomic E-state index is -0.725. The Bertz CT molecular complexity index is 986. The van der Waals surface area contributed by atoms with E-state index >= 15 is 0 Å². The highest BCUT2D eigenvalue weighted by Gasteiger charge is 2.24. The van der Waals surface area contributed by atoms with Gasteiger partial charge < -0.3 is 0 Å². The first kappa shape index (κ1) is 21.2. The molecular formula is C20H19N7O4. The summed E-state index contributed by atoms with van der Waals surface area (Å²) in [5, 5.41) is 11.5. The average Bonchev–Trinajstić information content (AvgIpc) is 2.77. The summed E-state index contributed by atoms with van der Waals surface area (Å²) < 4.78 is 0. The van der Waals surface area contributed by atoms with Gasteiger partial charge in [-0.15, -0.1) is 0 Å². The number of rotatable bonds is 9. The molecule has 11 nitrogen and oxygen atoms in total. The summed E-state index contributed by atoms with van der Waals surface area (Å²) in [4.78, 5) is 42.6. The van der Waals surface area contributed by atoms with Gasteiger partial charge >= 0.3 is 5.69 Å². The number of hydrazine groups is 2. The first-order chi connectivity index (χ1) is 15.0. The van der Waals surface area contributed by atoms with Crippen LogP contribution in [0.25, 0.3) is 0 Å². The van der Waals surface area contributed by atoms with E-state index < -0.39 is 22.4 Å². The van der Waals surface area contributed by atoms with Crippen molar-refractivity contribution in [3.8, 4) is 0 Å². The zero-order valence-corrected chi connectivity index (χ0v) is 16.2. The molecule has 31 heavy (non-hydrogen) atoms. The number of amides is 2. The van der Waals surface area contributed by atoms with Gasteiger partial charge in [0.2, 0.25) is 23.5 Å². The van der Waals surface area contributed by atoms with Crippen LogP contribution in [-0.4, -0.2) is 26.7 Å². The van der Waals surface area contributed by atoms with E-state index in [4.69, 9.17) is 0 Å². The number of hydrogen-bond acceptors (Lipinski definition) is 8. The van der Waals surface area contributed by atoms with Gasteiger partial charge in [-0.25, -0.2) is 9.97 Å². The van der Waals surface area contributed by atoms with E-state index in [9.17, 15) is 19.7 Å². The van der Waals surface area contributed by atoms with Crippen molar-refractivity contribution in [3.05, 3.63) is 88.2 Å². The maximum absolute atomic E-state index is 12.1. The molecule has 0 spiro atoms. The molecule has 0 unspecified atom stereocenters. The molecule has 3 aromatic rings. The van der Waals surface area contributed by atoms with Crippen LogP contribution in [0.3, 0.4) is 0 Å². The number of nitro groups is 1. The van der Waals surface area contributed by atoms with Crippen molar-refractivity contribution < 1.29 is 14.5 Å². The molecule has 158 valence electrons. The quantitative estimate of drug-likeness (QED) is 0.301. The lowest BCUT2D eigenvalue weighted by Crippen LogP contribution is -2.33. The smallest absolute Gasteiger partial charge is 0.276 e. The van der Waals surface area contributed by atoms with Crippen molar-refractivity contribution >= 4 is 29.1 Å². The summed E-state index contributed by atoms with van der Waals surface area (Å²) in [6.07, 6.45) is 1.21. The first-order valence-electron chi connectivity index (χ1n) is 9.20. The van der Waals surface area contributed by atoms with Crippen LogP contribution in [0.5, 0.6) is 0 Å². The van der Waals surface area contributed by atoms with Crippen LogP contribution in [-0.2, 0) is 22.4 Å². The first-order valence-corrected chi connectivity index (χ1v) is 9.20. The third-order valence-electron chi connectivity index (χ3n) is 4.06. The number of carbonyl (C=O) groups excluding carboxylic acids is 2. The molecule has 1 heterocycles. The van der Waals surface area contributed by atoms with E-state index in [1.54, 1.807) is 48.5 Å². The van der Waals surface area contributed by atoms with Gasteiger partial charge in [-0.1, -0.05) is 60.7 Å². The van der Waals surface area contributed by atoms with Crippen LogP contribution in [0, 0.1) is 10.1 Å². The second-order valence-electron chi connectivity index (χ2n) is 6.35. The SMILES string of the molecule is O=C(Cc1ccccc1)NNc1ncnc(NNC(=O)Cc2ccccc2)c1[N+](=O)[O-]. The summed E-state index contributed by atoms with van der Waals surface area (Å²) >= 11 is 0. The maximum Gasteiger partial charge on any atom is 0.356 e. The van der Waals surface area contributed by atoms with Crippen molar-refractivity contribution in [2.45, 2.75) is 12.8 Å². The van der Waals surface area contributed by atoms with Gasteiger partial charge in [0.25, 0.3) is 0 Å². The largest absolute Gasteiger partial charge is 0.356 e. The second kappa shape index (κ2) is 10.3. The average molecular weight is 421 g/mol. The second-order valence-corrected chi connectivity index (χ2v) is 6.35. The van der Waals surface area contributed by atoms with Crippen LogP contribution in [0.2, 0.25) is 0 Å². The molecule has 4 N–H and O–H groups in total. The molecule has 2 aromatic carbocycles. The summed E-state index contributed by atoms with van der Waals surface area (Å²) in [6.45, 7) is 0. The lowest BCUT2D eigenvalue weighted by Gasteiger charge is -2.11. The predicted octanol–water partition coefficient (Wildman–Crippen LogP) is 1.76. The van der Waals surface area contributed by atoms with Crippen molar-refractivity contribution in [2.75, 3.05) is 10.9 Å². The Labute approximate surface area is 177 Å². The number of nitrogens with zero attached hydrogens (tertiary/aromatic N) is 3. The highest BCUT2D eigenvalue weighted by atomic mass is 16.6. The maximum atomic E-state index is 12.1. The Balaban J connectivity index is 1.62. The molecule has 0 saturated carbocycles. The van der Waals surface area contributed by atoms with Gasteiger partial charge in [-0.3, -0.25) is 41.4 Å². The van der Waals surface area contributed by atoms with Gasteiger partial charge in [0.05, 0.1) is 17.8 Å². The number of carbonyl (C=O) groups is 2. The molecule has 0 fully saturated rings. The lowest BCUT2D eigenvalue weighted by molar-refractivity contribution is -0.383. The van der Waals surface area contributed by atoms with Crippen LogP contribution in [0.1, 0.15) is 11.1 Å². The molecule has 0 saturated heterocycles. The molecule has 3 rings (SSSR count). The summed E-state index contributed by atoms with van der Waals surface area (Å²) in [6, 6.07) is 18.0. The Morgan fingerprint density at radius 1 is 0.774 bits per heavy atom. The lowest BCUT2D eigenvalue weighted by atomic mass is 10.1. The van der Waals surface area contributed by atoms with Crippen LogP contribution >= 0.6 is 0 Å². The third-order valence-corrected chi connectivity index (χ3v) is 4.06. The molecule has 0 atom stereocenters. The molecule has 2 amide bonds. The number of aromatic nitrogens is 2. The standard InChI is InChI=1S/C20H19N7O4/c28-16(11-14-7-3-1-4-8-14)23-25-19-18(27(30)31)20(22-13-21-19)26-24-17(29)12-15-9-5-2-6-10-15/h1-10,13H,11-12H2,(H,23,28)(H,24,29)(H2,21,22,25,26). The molecule has 0 aliphatic rings. The molecular weight excluding hydrogens is 402 g/mol. The normalized spacial score (nSPS) is 10.1.